The van der Waals surface area contributed by atoms with Gasteiger partial charge in [-0.25, -0.2) is 23.7 Å². The first-order valence-corrected chi connectivity index (χ1v) is 13.9. The summed E-state index contributed by atoms with van der Waals surface area (Å²) in [4.78, 5) is 17.7. The van der Waals surface area contributed by atoms with Crippen LogP contribution in [-0.2, 0) is 17.2 Å². The Bertz CT molecular complexity index is 1800. The van der Waals surface area contributed by atoms with E-state index in [-0.39, 0.29) is 46.5 Å². The van der Waals surface area contributed by atoms with Gasteiger partial charge in [-0.2, -0.15) is 10.1 Å². The first-order valence-electron chi connectivity index (χ1n) is 13.9. The van der Waals surface area contributed by atoms with Gasteiger partial charge >= 0.3 is 0 Å². The molecule has 0 spiro atoms. The minimum Gasteiger partial charge on any atom is -0.452 e. The van der Waals surface area contributed by atoms with Crippen molar-refractivity contribution in [3.63, 3.8) is 0 Å². The fraction of sp³-hybridized carbons (Fsp3) is 0.464. The van der Waals surface area contributed by atoms with E-state index in [1.54, 1.807) is 24.1 Å². The first kappa shape index (κ1) is 26.7. The number of aromatic nitrogens is 8. The molecule has 0 unspecified atom stereocenters. The zero-order chi connectivity index (χ0) is 29.3. The minimum absolute atomic E-state index is 0.0872. The normalized spacial score (nSPS) is 19.4. The van der Waals surface area contributed by atoms with E-state index in [1.165, 1.54) is 17.0 Å². The van der Waals surface area contributed by atoms with Crippen LogP contribution in [0.5, 0.6) is 11.5 Å². The van der Waals surface area contributed by atoms with Crippen molar-refractivity contribution in [1.29, 1.82) is 0 Å². The van der Waals surface area contributed by atoms with Crippen LogP contribution in [0.4, 0.5) is 20.5 Å². The molecule has 1 saturated carbocycles. The topological polar surface area (TPSA) is 129 Å². The number of ether oxygens (including phenoxy) is 2. The number of anilines is 2. The van der Waals surface area contributed by atoms with Gasteiger partial charge < -0.3 is 24.5 Å². The van der Waals surface area contributed by atoms with Crippen molar-refractivity contribution in [1.82, 2.24) is 38.7 Å². The summed E-state index contributed by atoms with van der Waals surface area (Å²) in [6, 6.07) is 1.54. The van der Waals surface area contributed by atoms with Crippen molar-refractivity contribution < 1.29 is 23.4 Å². The highest BCUT2D eigenvalue weighted by molar-refractivity contribution is 5.81. The number of imidazole rings is 2. The molecule has 0 radical (unpaired) electrons. The highest BCUT2D eigenvalue weighted by Gasteiger charge is 2.34. The molecule has 5 aromatic heterocycles. The van der Waals surface area contributed by atoms with Crippen LogP contribution in [0.2, 0.25) is 0 Å². The molecule has 2 N–H and O–H groups in total. The highest BCUT2D eigenvalue weighted by Crippen LogP contribution is 2.41. The first-order chi connectivity index (χ1) is 20.1. The number of rotatable bonds is 7. The molecular formula is C28H31F2N9O3. The second-order valence-electron chi connectivity index (χ2n) is 11.9. The van der Waals surface area contributed by atoms with E-state index >= 15 is 0 Å². The highest BCUT2D eigenvalue weighted by atomic mass is 19.3. The van der Waals surface area contributed by atoms with E-state index in [9.17, 15) is 13.9 Å². The molecule has 1 saturated heterocycles. The summed E-state index contributed by atoms with van der Waals surface area (Å²) in [5.74, 6) is 2.21. The van der Waals surface area contributed by atoms with E-state index in [4.69, 9.17) is 14.6 Å². The number of nitrogens with one attached hydrogen (secondary N) is 1. The zero-order valence-corrected chi connectivity index (χ0v) is 23.6. The lowest BCUT2D eigenvalue weighted by Gasteiger charge is -2.24. The third-order valence-electron chi connectivity index (χ3n) is 7.76. The lowest BCUT2D eigenvalue weighted by atomic mass is 9.91. The monoisotopic (exact) mass is 579 g/mol. The summed E-state index contributed by atoms with van der Waals surface area (Å²) in [6.07, 6.45) is 4.72. The maximum Gasteiger partial charge on any atom is 0.269 e. The smallest absolute Gasteiger partial charge is 0.269 e. The van der Waals surface area contributed by atoms with Crippen molar-refractivity contribution in [3.05, 3.63) is 47.9 Å². The lowest BCUT2D eigenvalue weighted by molar-refractivity contribution is 0.117. The van der Waals surface area contributed by atoms with E-state index in [0.29, 0.717) is 29.7 Å². The number of halogens is 2. The Kier molecular flexibility index (Phi) is 6.17. The van der Waals surface area contributed by atoms with E-state index in [0.717, 1.165) is 24.4 Å². The van der Waals surface area contributed by atoms with Gasteiger partial charge in [-0.1, -0.05) is 20.8 Å². The molecule has 0 bridgehead atoms. The zero-order valence-electron chi connectivity index (χ0n) is 23.6. The van der Waals surface area contributed by atoms with Crippen molar-refractivity contribution in [2.45, 2.75) is 63.5 Å². The van der Waals surface area contributed by atoms with Crippen LogP contribution in [0.15, 0.2) is 30.9 Å². The van der Waals surface area contributed by atoms with Gasteiger partial charge in [-0.3, -0.25) is 9.08 Å². The summed E-state index contributed by atoms with van der Waals surface area (Å²) < 4.78 is 45.7. The second kappa shape index (κ2) is 9.70. The summed E-state index contributed by atoms with van der Waals surface area (Å²) in [5, 5.41) is 18.3. The summed E-state index contributed by atoms with van der Waals surface area (Å²) in [6.45, 7) is 6.73. The van der Waals surface area contributed by atoms with Crippen molar-refractivity contribution in [2.75, 3.05) is 18.5 Å². The summed E-state index contributed by atoms with van der Waals surface area (Å²) in [7, 11) is 1.63. The van der Waals surface area contributed by atoms with Crippen LogP contribution in [0.3, 0.4) is 0 Å². The van der Waals surface area contributed by atoms with Gasteiger partial charge in [0.25, 0.3) is 6.43 Å². The molecule has 14 heteroatoms. The third-order valence-corrected chi connectivity index (χ3v) is 7.76. The van der Waals surface area contributed by atoms with E-state index in [2.05, 4.69) is 46.0 Å². The summed E-state index contributed by atoms with van der Waals surface area (Å²) in [5.41, 5.74) is 1.21. The van der Waals surface area contributed by atoms with Gasteiger partial charge in [0.2, 0.25) is 5.95 Å². The Labute approximate surface area is 239 Å². The van der Waals surface area contributed by atoms with Gasteiger partial charge in [-0.15, -0.1) is 0 Å². The molecule has 1 aliphatic carbocycles. The molecular weight excluding hydrogens is 548 g/mol. The van der Waals surface area contributed by atoms with Crippen molar-refractivity contribution >= 4 is 28.6 Å². The summed E-state index contributed by atoms with van der Waals surface area (Å²) >= 11 is 0. The Hall–Kier alpha value is -4.17. The standard InChI is InChI=1S/C28H31F2N9O3/c1-28(2,3)19-7-20(36-39(19)16-12-41-13-17(16)40)34-27-35-25-23(37(27)4)22(24(29)30)18(9-32-25)42-15-8-31-21-10-33-26(14-5-6-14)38(21)11-15/h7-11,14,16-17,24,40H,5-6,12-13H2,1-4H3,(H,32,34,35,36)/t16-,17-/m1/s1. The molecule has 12 nitrogen and oxygen atoms in total. The number of hydrogen-bond acceptors (Lipinski definition) is 9. The van der Waals surface area contributed by atoms with E-state index in [1.807, 2.05) is 10.5 Å². The Morgan fingerprint density at radius 3 is 2.62 bits per heavy atom. The van der Waals surface area contributed by atoms with Crippen molar-refractivity contribution in [2.24, 2.45) is 7.05 Å². The average Bonchev–Trinajstić information content (AvgIpc) is 3.22. The van der Waals surface area contributed by atoms with Crippen molar-refractivity contribution in [3.8, 4) is 11.5 Å². The third kappa shape index (κ3) is 4.54. The number of fused-ring (bicyclic) bond motifs is 2. The SMILES string of the molecule is Cn1c(Nc2cc(C(C)(C)C)n([C@@H]3COC[C@H]3O)n2)nc2ncc(Oc3cnc4cnc(C5CC5)n4c3)c(C(F)F)c21. The molecule has 42 heavy (non-hydrogen) atoms. The van der Waals surface area contributed by atoms with Crippen LogP contribution in [0, 0.1) is 0 Å². The molecule has 1 aliphatic heterocycles. The lowest BCUT2D eigenvalue weighted by Crippen LogP contribution is -2.28. The fourth-order valence-electron chi connectivity index (χ4n) is 5.44. The quantitative estimate of drug-likeness (QED) is 0.280. The predicted molar refractivity (Wildman–Crippen MR) is 149 cm³/mol. The molecule has 2 atom stereocenters. The maximum absolute atomic E-state index is 14.6. The molecule has 7 rings (SSSR count). The Morgan fingerprint density at radius 2 is 1.93 bits per heavy atom. The second-order valence-corrected chi connectivity index (χ2v) is 11.9. The molecule has 6 heterocycles. The number of hydrogen-bond donors (Lipinski definition) is 2. The number of aliphatic hydroxyl groups excluding tert-OH is 1. The van der Waals surface area contributed by atoms with Gasteiger partial charge in [0.15, 0.2) is 28.6 Å². The Morgan fingerprint density at radius 1 is 1.12 bits per heavy atom. The number of aryl methyl sites for hydroxylation is 1. The molecule has 220 valence electrons. The molecule has 0 amide bonds. The molecule has 0 aromatic carbocycles. The predicted octanol–water partition coefficient (Wildman–Crippen LogP) is 4.79. The van der Waals surface area contributed by atoms with Crippen LogP contribution in [-0.4, -0.2) is 63.1 Å². The van der Waals surface area contributed by atoms with Gasteiger partial charge in [-0.05, 0) is 12.8 Å². The van der Waals surface area contributed by atoms with Crippen LogP contribution in [0.25, 0.3) is 16.8 Å². The molecule has 5 aromatic rings. The van der Waals surface area contributed by atoms with Gasteiger partial charge in [0.05, 0.1) is 43.6 Å². The number of nitrogens with zero attached hydrogens (tertiary/aromatic N) is 8. The molecule has 2 fully saturated rings. The van der Waals surface area contributed by atoms with E-state index < -0.39 is 12.5 Å². The van der Waals surface area contributed by atoms with Crippen LogP contribution < -0.4 is 10.1 Å². The minimum atomic E-state index is -2.86. The van der Waals surface area contributed by atoms with Crippen LogP contribution >= 0.6 is 0 Å². The van der Waals surface area contributed by atoms with Crippen LogP contribution in [0.1, 0.15) is 69.1 Å². The Balaban J connectivity index is 1.24. The number of aliphatic hydroxyl groups is 1. The fourth-order valence-corrected chi connectivity index (χ4v) is 5.44. The number of pyridine rings is 1. The largest absolute Gasteiger partial charge is 0.452 e. The van der Waals surface area contributed by atoms with Gasteiger partial charge in [0.1, 0.15) is 23.5 Å². The maximum atomic E-state index is 14.6. The number of alkyl halides is 2. The molecule has 2 aliphatic rings. The van der Waals surface area contributed by atoms with Gasteiger partial charge in [0, 0.05) is 30.1 Å². The average molecular weight is 580 g/mol.